The third kappa shape index (κ3) is 8.29. The van der Waals surface area contributed by atoms with E-state index in [0.29, 0.717) is 12.4 Å². The highest BCUT2D eigenvalue weighted by Crippen LogP contribution is 2.27. The Kier molecular flexibility index (Phi) is 10.1. The third-order valence-corrected chi connectivity index (χ3v) is 8.08. The van der Waals surface area contributed by atoms with Crippen LogP contribution in [-0.2, 0) is 26.2 Å². The Bertz CT molecular complexity index is 1450. The molecule has 3 aromatic rings. The molecule has 0 radical (unpaired) electrons. The number of rotatable bonds is 11. The van der Waals surface area contributed by atoms with Crippen LogP contribution in [-0.4, -0.2) is 49.9 Å². The molecule has 8 nitrogen and oxygen atoms in total. The Labute approximate surface area is 242 Å². The van der Waals surface area contributed by atoms with Crippen molar-refractivity contribution in [3.8, 4) is 5.75 Å². The second kappa shape index (κ2) is 13.2. The van der Waals surface area contributed by atoms with Gasteiger partial charge in [-0.15, -0.1) is 0 Å². The summed E-state index contributed by atoms with van der Waals surface area (Å²) < 4.78 is 49.0. The van der Waals surface area contributed by atoms with Crippen molar-refractivity contribution in [3.05, 3.63) is 89.7 Å². The zero-order chi connectivity index (χ0) is 30.4. The van der Waals surface area contributed by atoms with Crippen LogP contribution in [0.25, 0.3) is 0 Å². The molecule has 0 spiro atoms. The van der Waals surface area contributed by atoms with E-state index < -0.39 is 45.8 Å². The van der Waals surface area contributed by atoms with Crippen LogP contribution in [0, 0.1) is 12.7 Å². The molecule has 0 fully saturated rings. The summed E-state index contributed by atoms with van der Waals surface area (Å²) in [6, 6.07) is 17.6. The Morgan fingerprint density at radius 1 is 0.976 bits per heavy atom. The highest BCUT2D eigenvalue weighted by atomic mass is 32.2. The van der Waals surface area contributed by atoms with Crippen molar-refractivity contribution in [2.45, 2.75) is 64.6 Å². The molecule has 2 amide bonds. The van der Waals surface area contributed by atoms with Crippen molar-refractivity contribution < 1.29 is 27.1 Å². The van der Waals surface area contributed by atoms with Crippen LogP contribution in [0.2, 0.25) is 0 Å². The molecule has 0 unspecified atom stereocenters. The number of carbonyl (C=O) groups is 2. The van der Waals surface area contributed by atoms with E-state index in [-0.39, 0.29) is 22.7 Å². The van der Waals surface area contributed by atoms with Gasteiger partial charge in [-0.05, 0) is 84.0 Å². The van der Waals surface area contributed by atoms with Crippen LogP contribution in [0.3, 0.4) is 0 Å². The van der Waals surface area contributed by atoms with Gasteiger partial charge in [0.25, 0.3) is 10.0 Å². The van der Waals surface area contributed by atoms with Gasteiger partial charge >= 0.3 is 0 Å². The van der Waals surface area contributed by atoms with E-state index in [1.54, 1.807) is 42.5 Å². The summed E-state index contributed by atoms with van der Waals surface area (Å²) in [5, 5.41) is 2.85. The lowest BCUT2D eigenvalue weighted by Gasteiger charge is -2.33. The molecule has 0 aliphatic rings. The summed E-state index contributed by atoms with van der Waals surface area (Å²) in [4.78, 5) is 28.3. The van der Waals surface area contributed by atoms with E-state index in [2.05, 4.69) is 5.32 Å². The zero-order valence-electron chi connectivity index (χ0n) is 24.3. The zero-order valence-corrected chi connectivity index (χ0v) is 25.2. The number of nitrogens with one attached hydrogen (secondary N) is 1. The number of halogens is 1. The topological polar surface area (TPSA) is 96.0 Å². The van der Waals surface area contributed by atoms with E-state index in [9.17, 15) is 22.4 Å². The molecule has 0 saturated heterocycles. The number of sulfonamides is 1. The normalized spacial score (nSPS) is 12.4. The van der Waals surface area contributed by atoms with Crippen molar-refractivity contribution in [2.24, 2.45) is 0 Å². The van der Waals surface area contributed by atoms with E-state index in [1.807, 2.05) is 34.6 Å². The number of anilines is 1. The molecule has 0 aromatic heterocycles. The lowest BCUT2D eigenvalue weighted by atomic mass is 10.1. The van der Waals surface area contributed by atoms with Gasteiger partial charge in [-0.3, -0.25) is 13.9 Å². The van der Waals surface area contributed by atoms with Gasteiger partial charge in [0.15, 0.2) is 0 Å². The summed E-state index contributed by atoms with van der Waals surface area (Å²) in [6.45, 7) is 10.2. The van der Waals surface area contributed by atoms with Crippen molar-refractivity contribution >= 4 is 27.5 Å². The van der Waals surface area contributed by atoms with Crippen LogP contribution in [0.5, 0.6) is 5.75 Å². The molecule has 0 bridgehead atoms. The quantitative estimate of drug-likeness (QED) is 0.341. The average molecular weight is 584 g/mol. The second-order valence-electron chi connectivity index (χ2n) is 10.8. The first kappa shape index (κ1) is 31.6. The monoisotopic (exact) mass is 583 g/mol. The van der Waals surface area contributed by atoms with Gasteiger partial charge in [-0.1, -0.05) is 35.9 Å². The minimum atomic E-state index is -4.21. The number of nitrogens with zero attached hydrogens (tertiary/aromatic N) is 2. The average Bonchev–Trinajstić information content (AvgIpc) is 2.90. The highest BCUT2D eigenvalue weighted by molar-refractivity contribution is 7.92. The molecule has 0 aliphatic carbocycles. The maximum atomic E-state index is 14.7. The Balaban J connectivity index is 2.05. The number of carbonyl (C=O) groups excluding carboxylic acids is 2. The number of ether oxygens (including phenoxy) is 1. The number of benzene rings is 3. The van der Waals surface area contributed by atoms with Crippen molar-refractivity contribution in [2.75, 3.05) is 17.5 Å². The van der Waals surface area contributed by atoms with Crippen LogP contribution < -0.4 is 14.4 Å². The Morgan fingerprint density at radius 3 is 2.15 bits per heavy atom. The highest BCUT2D eigenvalue weighted by Gasteiger charge is 2.33. The predicted octanol–water partition coefficient (Wildman–Crippen LogP) is 5.06. The van der Waals surface area contributed by atoms with Gasteiger partial charge < -0.3 is 15.0 Å². The largest absolute Gasteiger partial charge is 0.494 e. The first-order valence-electron chi connectivity index (χ1n) is 13.4. The molecule has 1 atom stereocenters. The molecular formula is C31H38FN3O5S. The van der Waals surface area contributed by atoms with Gasteiger partial charge in [0.2, 0.25) is 11.8 Å². The standard InChI is InChI=1S/C31H38FN3O5S/c1-7-40-26-16-14-25(15-17-26)35(41(38,39)27-18-12-22(2)13-19-27)21-29(36)34(20-24-10-8-9-11-28(24)32)23(3)30(37)33-31(4,5)6/h8-19,23H,7,20-21H2,1-6H3,(H,33,37)/t23-/m1/s1. The van der Waals surface area contributed by atoms with Crippen molar-refractivity contribution in [1.29, 1.82) is 0 Å². The van der Waals surface area contributed by atoms with E-state index >= 15 is 0 Å². The van der Waals surface area contributed by atoms with E-state index in [0.717, 1.165) is 9.87 Å². The maximum absolute atomic E-state index is 14.7. The van der Waals surface area contributed by atoms with Gasteiger partial charge in [0.1, 0.15) is 24.2 Å². The molecule has 0 saturated carbocycles. The van der Waals surface area contributed by atoms with Gasteiger partial charge in [-0.25, -0.2) is 12.8 Å². The van der Waals surface area contributed by atoms with Crippen molar-refractivity contribution in [1.82, 2.24) is 10.2 Å². The molecule has 10 heteroatoms. The summed E-state index contributed by atoms with van der Waals surface area (Å²) in [5.74, 6) is -1.11. The predicted molar refractivity (Wildman–Crippen MR) is 158 cm³/mol. The van der Waals surface area contributed by atoms with Crippen LogP contribution in [0.4, 0.5) is 10.1 Å². The molecular weight excluding hydrogens is 545 g/mol. The molecule has 0 aliphatic heterocycles. The van der Waals surface area contributed by atoms with Crippen LogP contribution in [0.15, 0.2) is 77.7 Å². The Morgan fingerprint density at radius 2 is 1.59 bits per heavy atom. The second-order valence-corrected chi connectivity index (χ2v) is 12.6. The number of hydrogen-bond acceptors (Lipinski definition) is 5. The molecule has 41 heavy (non-hydrogen) atoms. The fourth-order valence-corrected chi connectivity index (χ4v) is 5.52. The van der Waals surface area contributed by atoms with Gasteiger partial charge in [0.05, 0.1) is 17.2 Å². The van der Waals surface area contributed by atoms with Crippen LogP contribution in [0.1, 0.15) is 45.7 Å². The lowest BCUT2D eigenvalue weighted by molar-refractivity contribution is -0.140. The summed E-state index contributed by atoms with van der Waals surface area (Å²) in [5.41, 5.74) is 0.730. The van der Waals surface area contributed by atoms with Gasteiger partial charge in [-0.2, -0.15) is 0 Å². The lowest BCUT2D eigenvalue weighted by Crippen LogP contribution is -2.54. The smallest absolute Gasteiger partial charge is 0.264 e. The number of aryl methyl sites for hydroxylation is 1. The fraction of sp³-hybridized carbons (Fsp3) is 0.355. The Hall–Kier alpha value is -3.92. The minimum Gasteiger partial charge on any atom is -0.494 e. The molecule has 220 valence electrons. The fourth-order valence-electron chi connectivity index (χ4n) is 4.11. The molecule has 0 heterocycles. The number of hydrogen-bond donors (Lipinski definition) is 1. The van der Waals surface area contributed by atoms with Crippen molar-refractivity contribution in [3.63, 3.8) is 0 Å². The van der Waals surface area contributed by atoms with E-state index in [1.165, 1.54) is 42.2 Å². The summed E-state index contributed by atoms with van der Waals surface area (Å²) in [6.07, 6.45) is 0. The SMILES string of the molecule is CCOc1ccc(N(CC(=O)N(Cc2ccccc2F)[C@H](C)C(=O)NC(C)(C)C)S(=O)(=O)c2ccc(C)cc2)cc1. The first-order valence-corrected chi connectivity index (χ1v) is 14.8. The maximum Gasteiger partial charge on any atom is 0.264 e. The first-order chi connectivity index (χ1) is 19.2. The van der Waals surface area contributed by atoms with E-state index in [4.69, 9.17) is 4.74 Å². The summed E-state index contributed by atoms with van der Waals surface area (Å²) >= 11 is 0. The number of amides is 2. The minimum absolute atomic E-state index is 0.00367. The molecule has 1 N–H and O–H groups in total. The van der Waals surface area contributed by atoms with Crippen LogP contribution >= 0.6 is 0 Å². The molecule has 3 aromatic carbocycles. The molecule has 3 rings (SSSR count). The third-order valence-electron chi connectivity index (χ3n) is 6.29. The van der Waals surface area contributed by atoms with Gasteiger partial charge in [0, 0.05) is 17.6 Å². The summed E-state index contributed by atoms with van der Waals surface area (Å²) in [7, 11) is -4.21.